The molecule has 1 aliphatic carbocycles. The Balaban J connectivity index is 1.27. The maximum atomic E-state index is 12.8. The molecule has 0 saturated carbocycles. The van der Waals surface area contributed by atoms with Gasteiger partial charge in [-0.3, -0.25) is 9.48 Å². The number of aromatic nitrogens is 2. The first kappa shape index (κ1) is 19.5. The molecule has 0 radical (unpaired) electrons. The van der Waals surface area contributed by atoms with Gasteiger partial charge in [-0.2, -0.15) is 5.10 Å². The minimum Gasteiger partial charge on any atom is -0.448 e. The van der Waals surface area contributed by atoms with Crippen molar-refractivity contribution in [3.8, 4) is 11.1 Å². The largest absolute Gasteiger partial charge is 0.448 e. The number of Topliss-reactive ketones (excluding diaryl/α,β-unsaturated/α-hetero) is 1. The van der Waals surface area contributed by atoms with Crippen LogP contribution in [0.3, 0.4) is 0 Å². The van der Waals surface area contributed by atoms with E-state index in [1.54, 1.807) is 22.7 Å². The molecule has 0 unspecified atom stereocenters. The molecule has 2 aromatic carbocycles. The molecule has 158 valence electrons. The molecule has 0 atom stereocenters. The van der Waals surface area contributed by atoms with E-state index in [1.807, 2.05) is 36.5 Å². The van der Waals surface area contributed by atoms with Crippen molar-refractivity contribution in [2.75, 3.05) is 19.7 Å². The van der Waals surface area contributed by atoms with Crippen LogP contribution in [-0.4, -0.2) is 46.3 Å². The highest BCUT2D eigenvalue weighted by molar-refractivity contribution is 5.84. The number of carbonyl (C=O) groups excluding carboxylic acids is 2. The van der Waals surface area contributed by atoms with Crippen molar-refractivity contribution in [1.82, 2.24) is 14.7 Å². The molecule has 1 saturated heterocycles. The first-order valence-corrected chi connectivity index (χ1v) is 10.7. The average Bonchev–Trinajstić information content (AvgIpc) is 3.45. The van der Waals surface area contributed by atoms with Crippen molar-refractivity contribution >= 4 is 11.9 Å². The predicted molar refractivity (Wildman–Crippen MR) is 117 cm³/mol. The van der Waals surface area contributed by atoms with Crippen LogP contribution >= 0.6 is 0 Å². The van der Waals surface area contributed by atoms with Gasteiger partial charge in [0.25, 0.3) is 0 Å². The number of nitrogens with zero attached hydrogens (tertiary/aromatic N) is 3. The summed E-state index contributed by atoms with van der Waals surface area (Å²) in [5.74, 6) is 0.116. The molecule has 0 spiro atoms. The number of likely N-dealkylation sites (tertiary alicyclic amines) is 1. The lowest BCUT2D eigenvalue weighted by atomic mass is 9.84. The van der Waals surface area contributed by atoms with Gasteiger partial charge < -0.3 is 9.64 Å². The molecule has 2 heterocycles. The zero-order chi connectivity index (χ0) is 21.4. The molecule has 1 aliphatic heterocycles. The maximum absolute atomic E-state index is 12.8. The van der Waals surface area contributed by atoms with Gasteiger partial charge in [0.05, 0.1) is 0 Å². The van der Waals surface area contributed by atoms with E-state index in [-0.39, 0.29) is 17.8 Å². The molecule has 31 heavy (non-hydrogen) atoms. The highest BCUT2D eigenvalue weighted by Gasteiger charge is 2.42. The van der Waals surface area contributed by atoms with Gasteiger partial charge in [-0.25, -0.2) is 4.79 Å². The standard InChI is InChI=1S/C25H25N3O3/c1-18(29)25(28-14-6-13-26-28)11-15-27(16-12-25)24(30)31-17-23-21-9-4-2-7-19(21)20-8-3-5-10-22(20)23/h2-10,13-14,23H,11-12,15-17H2,1H3. The number of benzene rings is 2. The summed E-state index contributed by atoms with van der Waals surface area (Å²) in [6.07, 6.45) is 4.26. The Labute approximate surface area is 181 Å². The average molecular weight is 415 g/mol. The Morgan fingerprint density at radius 1 is 1.00 bits per heavy atom. The number of hydrogen-bond donors (Lipinski definition) is 0. The highest BCUT2D eigenvalue weighted by atomic mass is 16.6. The number of rotatable bonds is 4. The lowest BCUT2D eigenvalue weighted by Crippen LogP contribution is -2.52. The third-order valence-electron chi connectivity index (χ3n) is 6.78. The predicted octanol–water partition coefficient (Wildman–Crippen LogP) is 4.21. The number of carbonyl (C=O) groups is 2. The van der Waals surface area contributed by atoms with E-state index in [0.717, 1.165) is 0 Å². The summed E-state index contributed by atoms with van der Waals surface area (Å²) in [7, 11) is 0. The van der Waals surface area contributed by atoms with Crippen molar-refractivity contribution in [1.29, 1.82) is 0 Å². The molecular weight excluding hydrogens is 390 g/mol. The fourth-order valence-electron chi connectivity index (χ4n) is 5.01. The van der Waals surface area contributed by atoms with Crippen LogP contribution in [0, 0.1) is 0 Å². The summed E-state index contributed by atoms with van der Waals surface area (Å²) in [5.41, 5.74) is 4.14. The van der Waals surface area contributed by atoms with E-state index >= 15 is 0 Å². The van der Waals surface area contributed by atoms with Gasteiger partial charge in [0.15, 0.2) is 5.78 Å². The molecule has 0 bridgehead atoms. The monoisotopic (exact) mass is 415 g/mol. The van der Waals surface area contributed by atoms with E-state index in [1.165, 1.54) is 22.3 Å². The second-order valence-electron chi connectivity index (χ2n) is 8.33. The van der Waals surface area contributed by atoms with Crippen LogP contribution in [0.15, 0.2) is 67.0 Å². The van der Waals surface area contributed by atoms with Crippen molar-refractivity contribution in [3.05, 3.63) is 78.1 Å². The number of ether oxygens (including phenoxy) is 1. The van der Waals surface area contributed by atoms with Crippen LogP contribution in [0.5, 0.6) is 0 Å². The van der Waals surface area contributed by atoms with Gasteiger partial charge in [0, 0.05) is 31.4 Å². The highest BCUT2D eigenvalue weighted by Crippen LogP contribution is 2.44. The Hall–Kier alpha value is -3.41. The first-order valence-electron chi connectivity index (χ1n) is 10.7. The van der Waals surface area contributed by atoms with E-state index in [9.17, 15) is 9.59 Å². The van der Waals surface area contributed by atoms with Crippen LogP contribution in [0.4, 0.5) is 4.79 Å². The number of amides is 1. The summed E-state index contributed by atoms with van der Waals surface area (Å²) in [4.78, 5) is 27.0. The van der Waals surface area contributed by atoms with Crippen molar-refractivity contribution in [2.45, 2.75) is 31.2 Å². The Kier molecular flexibility index (Phi) is 4.85. The molecule has 1 fully saturated rings. The van der Waals surface area contributed by atoms with Crippen LogP contribution in [-0.2, 0) is 15.1 Å². The minimum absolute atomic E-state index is 0.0431. The zero-order valence-corrected chi connectivity index (χ0v) is 17.5. The number of piperidine rings is 1. The van der Waals surface area contributed by atoms with Crippen LogP contribution in [0.1, 0.15) is 36.8 Å². The smallest absolute Gasteiger partial charge is 0.409 e. The van der Waals surface area contributed by atoms with Crippen LogP contribution in [0.2, 0.25) is 0 Å². The minimum atomic E-state index is -0.677. The number of ketones is 1. The lowest BCUT2D eigenvalue weighted by molar-refractivity contribution is -0.128. The molecule has 0 N–H and O–H groups in total. The van der Waals surface area contributed by atoms with Gasteiger partial charge >= 0.3 is 6.09 Å². The molecule has 2 aliphatic rings. The molecule has 1 amide bonds. The topological polar surface area (TPSA) is 64.4 Å². The van der Waals surface area contributed by atoms with Crippen LogP contribution in [0.25, 0.3) is 11.1 Å². The normalized spacial score (nSPS) is 17.1. The number of fused-ring (bicyclic) bond motifs is 3. The van der Waals surface area contributed by atoms with Gasteiger partial charge in [0.2, 0.25) is 0 Å². The lowest BCUT2D eigenvalue weighted by Gasteiger charge is -2.39. The van der Waals surface area contributed by atoms with Gasteiger partial charge in [0.1, 0.15) is 12.1 Å². The van der Waals surface area contributed by atoms with Gasteiger partial charge in [-0.05, 0) is 48.1 Å². The fourth-order valence-corrected chi connectivity index (χ4v) is 5.01. The Bertz CT molecular complexity index is 1070. The molecule has 5 rings (SSSR count). The van der Waals surface area contributed by atoms with Crippen molar-refractivity contribution in [3.63, 3.8) is 0 Å². The zero-order valence-electron chi connectivity index (χ0n) is 17.5. The molecule has 6 nitrogen and oxygen atoms in total. The molecule has 3 aromatic rings. The van der Waals surface area contributed by atoms with Crippen LogP contribution < -0.4 is 0 Å². The second kappa shape index (κ2) is 7.69. The van der Waals surface area contributed by atoms with E-state index in [0.29, 0.717) is 32.5 Å². The summed E-state index contributed by atoms with van der Waals surface area (Å²) >= 11 is 0. The summed E-state index contributed by atoms with van der Waals surface area (Å²) in [6, 6.07) is 18.4. The fraction of sp³-hybridized carbons (Fsp3) is 0.320. The van der Waals surface area contributed by atoms with Crippen molar-refractivity contribution in [2.24, 2.45) is 0 Å². The van der Waals surface area contributed by atoms with Gasteiger partial charge in [-0.15, -0.1) is 0 Å². The summed E-state index contributed by atoms with van der Waals surface area (Å²) in [6.45, 7) is 2.84. The third kappa shape index (κ3) is 3.23. The molecular formula is C25H25N3O3. The quantitative estimate of drug-likeness (QED) is 0.640. The number of hydrogen-bond acceptors (Lipinski definition) is 4. The first-order chi connectivity index (χ1) is 15.1. The third-order valence-corrected chi connectivity index (χ3v) is 6.78. The van der Waals surface area contributed by atoms with Crippen molar-refractivity contribution < 1.29 is 14.3 Å². The Morgan fingerprint density at radius 3 is 2.16 bits per heavy atom. The summed E-state index contributed by atoms with van der Waals surface area (Å²) < 4.78 is 7.52. The molecule has 6 heteroatoms. The van der Waals surface area contributed by atoms with E-state index < -0.39 is 5.54 Å². The van der Waals surface area contributed by atoms with E-state index in [2.05, 4.69) is 29.4 Å². The van der Waals surface area contributed by atoms with Gasteiger partial charge in [-0.1, -0.05) is 48.5 Å². The maximum Gasteiger partial charge on any atom is 0.409 e. The Morgan fingerprint density at radius 2 is 1.61 bits per heavy atom. The second-order valence-corrected chi connectivity index (χ2v) is 8.33. The SMILES string of the molecule is CC(=O)C1(n2cccn2)CCN(C(=O)OCC2c3ccccc3-c3ccccc32)CC1. The van der Waals surface area contributed by atoms with E-state index in [4.69, 9.17) is 4.74 Å². The molecule has 1 aromatic heterocycles. The summed E-state index contributed by atoms with van der Waals surface area (Å²) in [5, 5.41) is 4.30.